The summed E-state index contributed by atoms with van der Waals surface area (Å²) in [6.45, 7) is 6.30. The highest BCUT2D eigenvalue weighted by Crippen LogP contribution is 2.29. The van der Waals surface area contributed by atoms with Crippen molar-refractivity contribution < 1.29 is 4.79 Å². The largest absolute Gasteiger partial charge is 0.350 e. The van der Waals surface area contributed by atoms with Gasteiger partial charge in [-0.1, -0.05) is 13.8 Å². The lowest BCUT2D eigenvalue weighted by atomic mass is 9.77. The van der Waals surface area contributed by atoms with Crippen LogP contribution in [0.5, 0.6) is 0 Å². The number of piperidine rings is 1. The second-order valence-corrected chi connectivity index (χ2v) is 6.10. The first-order valence-corrected chi connectivity index (χ1v) is 7.08. The molecule has 102 valence electrons. The first-order valence-electron chi connectivity index (χ1n) is 6.13. The van der Waals surface area contributed by atoms with Gasteiger partial charge in [0.05, 0.1) is 0 Å². The van der Waals surface area contributed by atoms with E-state index in [-0.39, 0.29) is 23.7 Å². The summed E-state index contributed by atoms with van der Waals surface area (Å²) >= 11 is 1.55. The van der Waals surface area contributed by atoms with Gasteiger partial charge in [0.2, 0.25) is 0 Å². The average molecular weight is 289 g/mol. The maximum Gasteiger partial charge on any atom is 0.252 e. The summed E-state index contributed by atoms with van der Waals surface area (Å²) in [6.07, 6.45) is 2.45. The molecule has 0 aliphatic carbocycles. The summed E-state index contributed by atoms with van der Waals surface area (Å²) in [5, 5.41) is 10.3. The van der Waals surface area contributed by atoms with Crippen molar-refractivity contribution in [2.75, 3.05) is 13.1 Å². The maximum atomic E-state index is 11.8. The molecule has 0 radical (unpaired) electrons. The van der Waals surface area contributed by atoms with Crippen molar-refractivity contribution in [3.05, 3.63) is 22.4 Å². The maximum absolute atomic E-state index is 11.8. The average Bonchev–Trinajstić information content (AvgIpc) is 2.80. The van der Waals surface area contributed by atoms with Gasteiger partial charge >= 0.3 is 0 Å². The zero-order chi connectivity index (χ0) is 12.3. The molecule has 1 atom stereocenters. The van der Waals surface area contributed by atoms with E-state index in [4.69, 9.17) is 0 Å². The predicted molar refractivity (Wildman–Crippen MR) is 78.7 cm³/mol. The van der Waals surface area contributed by atoms with Crippen LogP contribution in [0.2, 0.25) is 0 Å². The van der Waals surface area contributed by atoms with Gasteiger partial charge in [-0.05, 0) is 36.2 Å². The Morgan fingerprint density at radius 2 is 2.39 bits per heavy atom. The Hall–Kier alpha value is -0.580. The second kappa shape index (κ2) is 6.55. The van der Waals surface area contributed by atoms with Crippen molar-refractivity contribution in [2.24, 2.45) is 5.41 Å². The fraction of sp³-hybridized carbons (Fsp3) is 0.615. The molecule has 1 saturated heterocycles. The lowest BCUT2D eigenvalue weighted by Crippen LogP contribution is -2.52. The monoisotopic (exact) mass is 288 g/mol. The molecule has 5 heteroatoms. The summed E-state index contributed by atoms with van der Waals surface area (Å²) in [5.74, 6) is 0.0365. The van der Waals surface area contributed by atoms with Crippen molar-refractivity contribution in [3.63, 3.8) is 0 Å². The number of hydrogen-bond donors (Lipinski definition) is 2. The molecule has 1 aromatic rings. The van der Waals surface area contributed by atoms with E-state index in [2.05, 4.69) is 24.5 Å². The summed E-state index contributed by atoms with van der Waals surface area (Å²) in [7, 11) is 0. The van der Waals surface area contributed by atoms with E-state index in [9.17, 15) is 4.79 Å². The van der Waals surface area contributed by atoms with Gasteiger partial charge in [-0.3, -0.25) is 4.79 Å². The highest BCUT2D eigenvalue weighted by molar-refractivity contribution is 7.08. The predicted octanol–water partition coefficient (Wildman–Crippen LogP) is 2.68. The first-order chi connectivity index (χ1) is 8.09. The minimum Gasteiger partial charge on any atom is -0.350 e. The smallest absolute Gasteiger partial charge is 0.252 e. The zero-order valence-corrected chi connectivity index (χ0v) is 12.5. The molecule has 3 nitrogen and oxygen atoms in total. The van der Waals surface area contributed by atoms with Gasteiger partial charge in [0.25, 0.3) is 5.91 Å². The third-order valence-electron chi connectivity index (χ3n) is 3.58. The summed E-state index contributed by atoms with van der Waals surface area (Å²) in [4.78, 5) is 11.8. The summed E-state index contributed by atoms with van der Waals surface area (Å²) in [5.41, 5.74) is 1.03. The Balaban J connectivity index is 0.00000162. The third-order valence-corrected chi connectivity index (χ3v) is 4.27. The van der Waals surface area contributed by atoms with E-state index in [1.54, 1.807) is 11.3 Å². The minimum atomic E-state index is 0. The number of thiophene rings is 1. The fourth-order valence-corrected chi connectivity index (χ4v) is 2.95. The van der Waals surface area contributed by atoms with E-state index < -0.39 is 0 Å². The van der Waals surface area contributed by atoms with Crippen LogP contribution in [-0.4, -0.2) is 25.0 Å². The van der Waals surface area contributed by atoms with Crippen LogP contribution in [0.4, 0.5) is 0 Å². The number of halogens is 1. The zero-order valence-electron chi connectivity index (χ0n) is 10.9. The number of carbonyl (C=O) groups excluding carboxylic acids is 1. The molecule has 2 N–H and O–H groups in total. The molecule has 2 rings (SSSR count). The van der Waals surface area contributed by atoms with Gasteiger partial charge in [-0.2, -0.15) is 11.3 Å². The van der Waals surface area contributed by atoms with Crippen LogP contribution in [0.3, 0.4) is 0 Å². The van der Waals surface area contributed by atoms with Gasteiger partial charge in [0, 0.05) is 23.5 Å². The van der Waals surface area contributed by atoms with Crippen LogP contribution in [0.1, 0.15) is 37.0 Å². The minimum absolute atomic E-state index is 0. The molecule has 18 heavy (non-hydrogen) atoms. The lowest BCUT2D eigenvalue weighted by molar-refractivity contribution is 0.0929. The number of carbonyl (C=O) groups is 1. The van der Waals surface area contributed by atoms with Gasteiger partial charge in [0.1, 0.15) is 0 Å². The molecule has 0 spiro atoms. The third kappa shape index (κ3) is 3.70. The van der Waals surface area contributed by atoms with Crippen LogP contribution in [0.25, 0.3) is 0 Å². The van der Waals surface area contributed by atoms with E-state index in [1.165, 1.54) is 12.8 Å². The van der Waals surface area contributed by atoms with Crippen LogP contribution >= 0.6 is 23.7 Å². The van der Waals surface area contributed by atoms with Crippen LogP contribution in [0.15, 0.2) is 16.8 Å². The van der Waals surface area contributed by atoms with E-state index in [0.717, 1.165) is 12.1 Å². The Bertz CT molecular complexity index is 378. The Morgan fingerprint density at radius 1 is 1.61 bits per heavy atom. The van der Waals surface area contributed by atoms with Crippen molar-refractivity contribution in [1.29, 1.82) is 0 Å². The molecule has 1 fully saturated rings. The Labute approximate surface area is 119 Å². The second-order valence-electron chi connectivity index (χ2n) is 5.32. The van der Waals surface area contributed by atoms with Gasteiger partial charge in [-0.15, -0.1) is 12.4 Å². The molecule has 0 aromatic carbocycles. The van der Waals surface area contributed by atoms with Crippen LogP contribution in [-0.2, 0) is 0 Å². The molecule has 1 aliphatic rings. The normalized spacial score (nSPS) is 22.0. The molecule has 1 aromatic heterocycles. The first kappa shape index (κ1) is 15.5. The Morgan fingerprint density at radius 3 is 3.00 bits per heavy atom. The molecule has 1 amide bonds. The van der Waals surface area contributed by atoms with Crippen molar-refractivity contribution in [2.45, 2.75) is 32.7 Å². The number of nitrogens with one attached hydrogen (secondary N) is 2. The molecule has 1 unspecified atom stereocenters. The van der Waals surface area contributed by atoms with Crippen LogP contribution in [0, 0.1) is 5.41 Å². The summed E-state index contributed by atoms with van der Waals surface area (Å²) < 4.78 is 0. The quantitative estimate of drug-likeness (QED) is 0.898. The number of rotatable bonds is 3. The van der Waals surface area contributed by atoms with E-state index in [1.807, 2.05) is 16.8 Å². The topological polar surface area (TPSA) is 41.1 Å². The van der Waals surface area contributed by atoms with Gasteiger partial charge in [-0.25, -0.2) is 0 Å². The number of hydrogen-bond acceptors (Lipinski definition) is 3. The highest BCUT2D eigenvalue weighted by Gasteiger charge is 2.31. The number of amides is 1. The summed E-state index contributed by atoms with van der Waals surface area (Å²) in [6, 6.07) is 2.23. The van der Waals surface area contributed by atoms with Gasteiger partial charge in [0.15, 0.2) is 0 Å². The van der Waals surface area contributed by atoms with Crippen LogP contribution < -0.4 is 10.6 Å². The standard InChI is InChI=1S/C13H20N2OS.ClH/c1-13(2)5-3-6-14-11(13)8-15-12(16)10-4-7-17-9-10;/h4,7,9,11,14H,3,5-6,8H2,1-2H3,(H,15,16);1H. The highest BCUT2D eigenvalue weighted by atomic mass is 35.5. The molecule has 2 heterocycles. The molecule has 0 saturated carbocycles. The molecule has 0 bridgehead atoms. The van der Waals surface area contributed by atoms with E-state index >= 15 is 0 Å². The van der Waals surface area contributed by atoms with Crippen molar-refractivity contribution >= 4 is 29.7 Å². The van der Waals surface area contributed by atoms with E-state index in [0.29, 0.717) is 12.6 Å². The fourth-order valence-electron chi connectivity index (χ4n) is 2.31. The SMILES string of the molecule is CC1(C)CCCNC1CNC(=O)c1ccsc1.Cl. The molecular formula is C13H21ClN2OS. The van der Waals surface area contributed by atoms with Gasteiger partial charge < -0.3 is 10.6 Å². The van der Waals surface area contributed by atoms with Crippen molar-refractivity contribution in [1.82, 2.24) is 10.6 Å². The molecular weight excluding hydrogens is 268 g/mol. The van der Waals surface area contributed by atoms with Crippen molar-refractivity contribution in [3.8, 4) is 0 Å². The molecule has 1 aliphatic heterocycles. The lowest BCUT2D eigenvalue weighted by Gasteiger charge is -2.39. The Kier molecular flexibility index (Phi) is 5.63.